The van der Waals surface area contributed by atoms with Crippen LogP contribution < -0.4 is 0 Å². The SMILES string of the molecule is Cc1cccc2cc3cccc(-c4ccccc4C(=O)O)c3cc12. The van der Waals surface area contributed by atoms with Gasteiger partial charge in [-0.25, -0.2) is 4.79 Å². The summed E-state index contributed by atoms with van der Waals surface area (Å²) < 4.78 is 0. The molecule has 0 saturated carbocycles. The quantitative estimate of drug-likeness (QED) is 0.484. The van der Waals surface area contributed by atoms with E-state index in [1.807, 2.05) is 24.3 Å². The monoisotopic (exact) mass is 312 g/mol. The van der Waals surface area contributed by atoms with Gasteiger partial charge in [0.15, 0.2) is 0 Å². The highest BCUT2D eigenvalue weighted by molar-refractivity contribution is 6.08. The molecule has 0 aromatic heterocycles. The molecule has 0 atom stereocenters. The molecular formula is C22H16O2. The third kappa shape index (κ3) is 2.24. The van der Waals surface area contributed by atoms with Gasteiger partial charge in [-0.15, -0.1) is 0 Å². The molecule has 0 spiro atoms. The van der Waals surface area contributed by atoms with Crippen molar-refractivity contribution in [3.8, 4) is 11.1 Å². The number of fused-ring (bicyclic) bond motifs is 2. The molecule has 0 amide bonds. The zero-order chi connectivity index (χ0) is 16.7. The van der Waals surface area contributed by atoms with Crippen molar-refractivity contribution in [2.45, 2.75) is 6.92 Å². The van der Waals surface area contributed by atoms with Crippen LogP contribution >= 0.6 is 0 Å². The Balaban J connectivity index is 2.10. The van der Waals surface area contributed by atoms with Gasteiger partial charge < -0.3 is 5.11 Å². The van der Waals surface area contributed by atoms with E-state index in [2.05, 4.69) is 43.3 Å². The fourth-order valence-electron chi connectivity index (χ4n) is 3.35. The first kappa shape index (κ1) is 14.5. The summed E-state index contributed by atoms with van der Waals surface area (Å²) in [6.45, 7) is 2.10. The molecule has 0 aliphatic carbocycles. The van der Waals surface area contributed by atoms with Crippen LogP contribution in [0, 0.1) is 6.92 Å². The fourth-order valence-corrected chi connectivity index (χ4v) is 3.35. The predicted molar refractivity (Wildman–Crippen MR) is 98.6 cm³/mol. The first-order chi connectivity index (χ1) is 11.6. The van der Waals surface area contributed by atoms with Crippen molar-refractivity contribution in [2.24, 2.45) is 0 Å². The Kier molecular flexibility index (Phi) is 3.31. The number of rotatable bonds is 2. The van der Waals surface area contributed by atoms with Crippen molar-refractivity contribution in [1.29, 1.82) is 0 Å². The zero-order valence-electron chi connectivity index (χ0n) is 13.3. The van der Waals surface area contributed by atoms with Crippen molar-refractivity contribution in [1.82, 2.24) is 0 Å². The maximum atomic E-state index is 11.6. The summed E-state index contributed by atoms with van der Waals surface area (Å²) in [6, 6.07) is 23.8. The van der Waals surface area contributed by atoms with Crippen LogP contribution in [0.15, 0.2) is 72.8 Å². The third-order valence-electron chi connectivity index (χ3n) is 4.55. The number of carbonyl (C=O) groups is 1. The lowest BCUT2D eigenvalue weighted by Crippen LogP contribution is -1.99. The number of benzene rings is 4. The molecule has 0 heterocycles. The summed E-state index contributed by atoms with van der Waals surface area (Å²) >= 11 is 0. The van der Waals surface area contributed by atoms with Crippen molar-refractivity contribution < 1.29 is 9.90 Å². The van der Waals surface area contributed by atoms with Crippen LogP contribution in [0.3, 0.4) is 0 Å². The van der Waals surface area contributed by atoms with Gasteiger partial charge in [0.05, 0.1) is 5.56 Å². The van der Waals surface area contributed by atoms with E-state index < -0.39 is 5.97 Å². The Morgan fingerprint density at radius 2 is 1.42 bits per heavy atom. The number of aromatic carboxylic acids is 1. The molecule has 0 fully saturated rings. The minimum Gasteiger partial charge on any atom is -0.478 e. The van der Waals surface area contributed by atoms with Gasteiger partial charge in [-0.3, -0.25) is 0 Å². The van der Waals surface area contributed by atoms with Gasteiger partial charge in [-0.05, 0) is 63.4 Å². The predicted octanol–water partition coefficient (Wildman–Crippen LogP) is 5.67. The lowest BCUT2D eigenvalue weighted by atomic mass is 9.92. The molecule has 2 nitrogen and oxygen atoms in total. The van der Waals surface area contributed by atoms with E-state index >= 15 is 0 Å². The molecule has 0 radical (unpaired) electrons. The Morgan fingerprint density at radius 3 is 2.21 bits per heavy atom. The second-order valence-corrected chi connectivity index (χ2v) is 6.03. The van der Waals surface area contributed by atoms with Gasteiger partial charge in [0.2, 0.25) is 0 Å². The van der Waals surface area contributed by atoms with Crippen LogP contribution in [0.25, 0.3) is 32.7 Å². The van der Waals surface area contributed by atoms with E-state index in [4.69, 9.17) is 0 Å². The molecule has 1 N–H and O–H groups in total. The van der Waals surface area contributed by atoms with Gasteiger partial charge in [-0.2, -0.15) is 0 Å². The summed E-state index contributed by atoms with van der Waals surface area (Å²) in [4.78, 5) is 11.6. The molecule has 116 valence electrons. The van der Waals surface area contributed by atoms with Crippen molar-refractivity contribution >= 4 is 27.5 Å². The second-order valence-electron chi connectivity index (χ2n) is 6.03. The van der Waals surface area contributed by atoms with Gasteiger partial charge in [0.25, 0.3) is 0 Å². The van der Waals surface area contributed by atoms with Crippen LogP contribution in [0.1, 0.15) is 15.9 Å². The lowest BCUT2D eigenvalue weighted by molar-refractivity contribution is 0.0698. The van der Waals surface area contributed by atoms with Gasteiger partial charge in [-0.1, -0.05) is 54.6 Å². The topological polar surface area (TPSA) is 37.3 Å². The van der Waals surface area contributed by atoms with Crippen molar-refractivity contribution in [3.63, 3.8) is 0 Å². The van der Waals surface area contributed by atoms with E-state index in [1.165, 1.54) is 16.3 Å². The Bertz CT molecular complexity index is 1090. The second kappa shape index (κ2) is 5.50. The summed E-state index contributed by atoms with van der Waals surface area (Å²) in [6.07, 6.45) is 0. The van der Waals surface area contributed by atoms with Crippen LogP contribution in [0.2, 0.25) is 0 Å². The Labute approximate surface area is 140 Å². The largest absolute Gasteiger partial charge is 0.478 e. The van der Waals surface area contributed by atoms with E-state index in [0.717, 1.165) is 21.9 Å². The maximum absolute atomic E-state index is 11.6. The van der Waals surface area contributed by atoms with Gasteiger partial charge in [0, 0.05) is 0 Å². The van der Waals surface area contributed by atoms with Crippen molar-refractivity contribution in [3.05, 3.63) is 83.9 Å². The zero-order valence-corrected chi connectivity index (χ0v) is 13.3. The first-order valence-corrected chi connectivity index (χ1v) is 7.90. The van der Waals surface area contributed by atoms with E-state index in [-0.39, 0.29) is 0 Å². The van der Waals surface area contributed by atoms with E-state index in [0.29, 0.717) is 5.56 Å². The molecule has 0 saturated heterocycles. The molecule has 0 aliphatic rings. The van der Waals surface area contributed by atoms with Gasteiger partial charge >= 0.3 is 5.97 Å². The van der Waals surface area contributed by atoms with E-state index in [1.54, 1.807) is 12.1 Å². The average molecular weight is 312 g/mol. The highest BCUT2D eigenvalue weighted by Gasteiger charge is 2.13. The lowest BCUT2D eigenvalue weighted by Gasteiger charge is -2.12. The average Bonchev–Trinajstić information content (AvgIpc) is 2.60. The first-order valence-electron chi connectivity index (χ1n) is 7.90. The third-order valence-corrected chi connectivity index (χ3v) is 4.55. The molecule has 4 aromatic carbocycles. The minimum absolute atomic E-state index is 0.329. The van der Waals surface area contributed by atoms with E-state index in [9.17, 15) is 9.90 Å². The standard InChI is InChI=1S/C22H16O2/c1-14-6-4-7-15-12-16-8-5-11-18(21(16)13-20(14)15)17-9-2-3-10-19(17)22(23)24/h2-13H,1H3,(H,23,24). The summed E-state index contributed by atoms with van der Waals surface area (Å²) in [7, 11) is 0. The highest BCUT2D eigenvalue weighted by atomic mass is 16.4. The number of carboxylic acids is 1. The maximum Gasteiger partial charge on any atom is 0.336 e. The minimum atomic E-state index is -0.903. The summed E-state index contributed by atoms with van der Waals surface area (Å²) in [5.74, 6) is -0.903. The molecule has 4 aromatic rings. The molecule has 2 heteroatoms. The fraction of sp³-hybridized carbons (Fsp3) is 0.0455. The molecule has 24 heavy (non-hydrogen) atoms. The Hall–Kier alpha value is -3.13. The Morgan fingerprint density at radius 1 is 0.750 bits per heavy atom. The van der Waals surface area contributed by atoms with Crippen LogP contribution in [-0.2, 0) is 0 Å². The van der Waals surface area contributed by atoms with Crippen LogP contribution in [0.5, 0.6) is 0 Å². The normalized spacial score (nSPS) is 11.0. The van der Waals surface area contributed by atoms with Gasteiger partial charge in [0.1, 0.15) is 0 Å². The molecule has 0 aliphatic heterocycles. The number of hydrogen-bond acceptors (Lipinski definition) is 1. The van der Waals surface area contributed by atoms with Crippen LogP contribution in [0.4, 0.5) is 0 Å². The number of aryl methyl sites for hydroxylation is 1. The number of carboxylic acid groups (broad SMARTS) is 1. The molecule has 0 bridgehead atoms. The summed E-state index contributed by atoms with van der Waals surface area (Å²) in [5, 5.41) is 14.1. The molecule has 0 unspecified atom stereocenters. The highest BCUT2D eigenvalue weighted by Crippen LogP contribution is 2.34. The molecular weight excluding hydrogens is 296 g/mol. The van der Waals surface area contributed by atoms with Crippen molar-refractivity contribution in [2.75, 3.05) is 0 Å². The molecule has 4 rings (SSSR count). The summed E-state index contributed by atoms with van der Waals surface area (Å²) in [5.41, 5.74) is 3.25. The smallest absolute Gasteiger partial charge is 0.336 e. The number of hydrogen-bond donors (Lipinski definition) is 1. The van der Waals surface area contributed by atoms with Crippen LogP contribution in [-0.4, -0.2) is 11.1 Å².